The highest BCUT2D eigenvalue weighted by atomic mass is 32.1. The van der Waals surface area contributed by atoms with Crippen molar-refractivity contribution in [2.75, 3.05) is 14.2 Å². The number of terminal acetylenes is 1. The first-order valence-electron chi connectivity index (χ1n) is 3.58. The monoisotopic (exact) mass is 181 g/mol. The van der Waals surface area contributed by atoms with Crippen molar-refractivity contribution in [3.63, 3.8) is 0 Å². The Kier molecular flexibility index (Phi) is 3.15. The molecular formula is C9H11NOS. The summed E-state index contributed by atoms with van der Waals surface area (Å²) < 4.78 is 5.14. The molecule has 12 heavy (non-hydrogen) atoms. The lowest BCUT2D eigenvalue weighted by molar-refractivity contribution is 0.410. The zero-order chi connectivity index (χ0) is 8.97. The third kappa shape index (κ3) is 1.60. The Morgan fingerprint density at radius 1 is 1.75 bits per heavy atom. The molecule has 0 aliphatic heterocycles. The number of nitrogens with one attached hydrogen (secondary N) is 1. The van der Waals surface area contributed by atoms with Gasteiger partial charge in [-0.25, -0.2) is 0 Å². The van der Waals surface area contributed by atoms with Gasteiger partial charge in [-0.1, -0.05) is 5.92 Å². The van der Waals surface area contributed by atoms with Crippen LogP contribution >= 0.6 is 11.3 Å². The Morgan fingerprint density at radius 2 is 2.50 bits per heavy atom. The van der Waals surface area contributed by atoms with Crippen molar-refractivity contribution >= 4 is 11.3 Å². The molecule has 0 radical (unpaired) electrons. The second kappa shape index (κ2) is 4.15. The van der Waals surface area contributed by atoms with Gasteiger partial charge in [-0.15, -0.1) is 17.8 Å². The van der Waals surface area contributed by atoms with E-state index in [9.17, 15) is 0 Å². The Balaban J connectivity index is 2.93. The molecule has 1 rings (SSSR count). The average Bonchev–Trinajstić information content (AvgIpc) is 2.55. The highest BCUT2D eigenvalue weighted by molar-refractivity contribution is 7.10. The maximum Gasteiger partial charge on any atom is 0.135 e. The Hall–Kier alpha value is -0.980. The quantitative estimate of drug-likeness (QED) is 0.716. The van der Waals surface area contributed by atoms with Crippen molar-refractivity contribution in [1.82, 2.24) is 5.32 Å². The molecule has 0 aliphatic rings. The predicted octanol–water partition coefficient (Wildman–Crippen LogP) is 1.65. The summed E-state index contributed by atoms with van der Waals surface area (Å²) in [5.41, 5.74) is 0. The van der Waals surface area contributed by atoms with Crippen molar-refractivity contribution in [3.05, 3.63) is 16.3 Å². The van der Waals surface area contributed by atoms with Gasteiger partial charge in [0.2, 0.25) is 0 Å². The summed E-state index contributed by atoms with van der Waals surface area (Å²) >= 11 is 1.60. The first kappa shape index (κ1) is 9.11. The van der Waals surface area contributed by atoms with Gasteiger partial charge in [0.1, 0.15) is 11.8 Å². The third-order valence-corrected chi connectivity index (χ3v) is 2.56. The topological polar surface area (TPSA) is 21.3 Å². The molecule has 1 N–H and O–H groups in total. The van der Waals surface area contributed by atoms with Crippen LogP contribution in [0.15, 0.2) is 11.4 Å². The van der Waals surface area contributed by atoms with E-state index in [1.54, 1.807) is 18.4 Å². The number of thiophene rings is 1. The van der Waals surface area contributed by atoms with Crippen molar-refractivity contribution in [2.24, 2.45) is 0 Å². The largest absolute Gasteiger partial charge is 0.495 e. The minimum Gasteiger partial charge on any atom is -0.495 e. The van der Waals surface area contributed by atoms with Gasteiger partial charge in [-0.05, 0) is 18.5 Å². The first-order chi connectivity index (χ1) is 5.83. The third-order valence-electron chi connectivity index (χ3n) is 1.59. The van der Waals surface area contributed by atoms with Gasteiger partial charge in [0.05, 0.1) is 12.0 Å². The molecule has 1 aromatic rings. The number of methoxy groups -OCH3 is 1. The molecule has 0 bridgehead atoms. The minimum absolute atomic E-state index is 0.0417. The van der Waals surface area contributed by atoms with Gasteiger partial charge < -0.3 is 10.1 Å². The second-order valence-corrected chi connectivity index (χ2v) is 3.19. The molecule has 3 heteroatoms. The second-order valence-electron chi connectivity index (χ2n) is 2.24. The Labute approximate surface area is 76.6 Å². The highest BCUT2D eigenvalue weighted by Gasteiger charge is 2.12. The van der Waals surface area contributed by atoms with E-state index in [-0.39, 0.29) is 6.04 Å². The molecule has 0 aromatic carbocycles. The van der Waals surface area contributed by atoms with Crippen molar-refractivity contribution < 1.29 is 4.74 Å². The number of rotatable bonds is 3. The van der Waals surface area contributed by atoms with Crippen LogP contribution in [0.4, 0.5) is 0 Å². The highest BCUT2D eigenvalue weighted by Crippen LogP contribution is 2.29. The van der Waals surface area contributed by atoms with E-state index in [0.29, 0.717) is 0 Å². The van der Waals surface area contributed by atoms with Gasteiger partial charge in [-0.2, -0.15) is 0 Å². The van der Waals surface area contributed by atoms with Crippen molar-refractivity contribution in [2.45, 2.75) is 6.04 Å². The van der Waals surface area contributed by atoms with E-state index < -0.39 is 0 Å². The molecule has 0 saturated heterocycles. The molecule has 0 spiro atoms. The zero-order valence-electron chi connectivity index (χ0n) is 7.13. The summed E-state index contributed by atoms with van der Waals surface area (Å²) in [4.78, 5) is 1.06. The minimum atomic E-state index is -0.0417. The average molecular weight is 181 g/mol. The molecule has 0 fully saturated rings. The van der Waals surface area contributed by atoms with E-state index in [1.807, 2.05) is 18.5 Å². The van der Waals surface area contributed by atoms with Gasteiger partial charge in [0.25, 0.3) is 0 Å². The lowest BCUT2D eigenvalue weighted by atomic mass is 10.2. The van der Waals surface area contributed by atoms with Gasteiger partial charge in [0.15, 0.2) is 0 Å². The van der Waals surface area contributed by atoms with E-state index in [2.05, 4.69) is 11.2 Å². The number of ether oxygens (including phenoxy) is 1. The lowest BCUT2D eigenvalue weighted by Gasteiger charge is -2.08. The molecule has 0 amide bonds. The van der Waals surface area contributed by atoms with Crippen LogP contribution in [0, 0.1) is 12.3 Å². The zero-order valence-corrected chi connectivity index (χ0v) is 7.94. The van der Waals surface area contributed by atoms with Crippen LogP contribution in [0.2, 0.25) is 0 Å². The summed E-state index contributed by atoms with van der Waals surface area (Å²) in [6.07, 6.45) is 5.34. The fourth-order valence-corrected chi connectivity index (χ4v) is 1.91. The molecule has 0 saturated carbocycles. The van der Waals surface area contributed by atoms with Crippen molar-refractivity contribution in [3.8, 4) is 18.1 Å². The number of hydrogen-bond acceptors (Lipinski definition) is 3. The van der Waals surface area contributed by atoms with E-state index in [4.69, 9.17) is 11.2 Å². The van der Waals surface area contributed by atoms with Crippen LogP contribution < -0.4 is 10.1 Å². The van der Waals surface area contributed by atoms with E-state index >= 15 is 0 Å². The van der Waals surface area contributed by atoms with Gasteiger partial charge in [-0.3, -0.25) is 0 Å². The maximum absolute atomic E-state index is 5.34. The molecule has 1 atom stereocenters. The fraction of sp³-hybridized carbons (Fsp3) is 0.333. The Bertz CT molecular complexity index is 287. The molecule has 2 nitrogen and oxygen atoms in total. The molecule has 0 aliphatic carbocycles. The molecule has 1 unspecified atom stereocenters. The normalized spacial score (nSPS) is 12.1. The first-order valence-corrected chi connectivity index (χ1v) is 4.46. The summed E-state index contributed by atoms with van der Waals surface area (Å²) in [5.74, 6) is 3.51. The van der Waals surface area contributed by atoms with Crippen LogP contribution in [0.3, 0.4) is 0 Å². The smallest absolute Gasteiger partial charge is 0.135 e. The van der Waals surface area contributed by atoms with Gasteiger partial charge in [0, 0.05) is 0 Å². The fourth-order valence-electron chi connectivity index (χ4n) is 0.978. The molecular weight excluding hydrogens is 170 g/mol. The van der Waals surface area contributed by atoms with Gasteiger partial charge >= 0.3 is 0 Å². The standard InChI is InChI=1S/C9H11NOS/c1-4-7(10-2)9-8(11-3)5-6-12-9/h1,5-7,10H,2-3H3. The Morgan fingerprint density at radius 3 is 3.00 bits per heavy atom. The van der Waals surface area contributed by atoms with E-state index in [1.165, 1.54) is 0 Å². The summed E-state index contributed by atoms with van der Waals surface area (Å²) in [6, 6.07) is 1.88. The van der Waals surface area contributed by atoms with E-state index in [0.717, 1.165) is 10.6 Å². The molecule has 1 heterocycles. The predicted molar refractivity (Wildman–Crippen MR) is 51.5 cm³/mol. The van der Waals surface area contributed by atoms with Crippen LogP contribution in [-0.2, 0) is 0 Å². The van der Waals surface area contributed by atoms with Crippen LogP contribution in [0.1, 0.15) is 10.9 Å². The summed E-state index contributed by atoms with van der Waals surface area (Å²) in [6.45, 7) is 0. The van der Waals surface area contributed by atoms with Crippen LogP contribution in [0.25, 0.3) is 0 Å². The van der Waals surface area contributed by atoms with Crippen LogP contribution in [-0.4, -0.2) is 14.2 Å². The summed E-state index contributed by atoms with van der Waals surface area (Å²) in [7, 11) is 3.48. The maximum atomic E-state index is 5.34. The van der Waals surface area contributed by atoms with Crippen molar-refractivity contribution in [1.29, 1.82) is 0 Å². The molecule has 64 valence electrons. The van der Waals surface area contributed by atoms with Crippen LogP contribution in [0.5, 0.6) is 5.75 Å². The number of hydrogen-bond donors (Lipinski definition) is 1. The SMILES string of the molecule is C#CC(NC)c1sccc1OC. The summed E-state index contributed by atoms with van der Waals surface area (Å²) in [5, 5.41) is 4.99. The lowest BCUT2D eigenvalue weighted by Crippen LogP contribution is -2.13. The molecule has 1 aromatic heterocycles.